The lowest BCUT2D eigenvalue weighted by Gasteiger charge is -2.14. The van der Waals surface area contributed by atoms with E-state index < -0.39 is 0 Å². The number of hydrogen-bond donors (Lipinski definition) is 1. The third kappa shape index (κ3) is 5.85. The maximum absolute atomic E-state index is 9.99. The van der Waals surface area contributed by atoms with Crippen LogP contribution in [-0.4, -0.2) is 23.2 Å². The third-order valence-corrected chi connectivity index (χ3v) is 1.67. The minimum atomic E-state index is 0.394. The first kappa shape index (κ1) is 10.4. The summed E-state index contributed by atoms with van der Waals surface area (Å²) < 4.78 is 0. The van der Waals surface area contributed by atoms with Gasteiger partial charge in [0.25, 0.3) is 0 Å². The summed E-state index contributed by atoms with van der Waals surface area (Å²) >= 11 is 0. The van der Waals surface area contributed by atoms with Gasteiger partial charge in [0.05, 0.1) is 6.54 Å². The Kier molecular flexibility index (Phi) is 5.84. The van der Waals surface area contributed by atoms with Crippen LogP contribution in [0.1, 0.15) is 33.1 Å². The Morgan fingerprint density at radius 1 is 1.64 bits per heavy atom. The van der Waals surface area contributed by atoms with E-state index in [9.17, 15) is 4.79 Å². The van der Waals surface area contributed by atoms with Gasteiger partial charge in [-0.15, -0.1) is 0 Å². The van der Waals surface area contributed by atoms with Crippen molar-refractivity contribution in [1.29, 1.82) is 0 Å². The molecule has 0 aliphatic heterocycles. The van der Waals surface area contributed by atoms with Crippen LogP contribution in [-0.2, 0) is 4.79 Å². The highest BCUT2D eigenvalue weighted by atomic mass is 16.5. The molecule has 0 aromatic carbocycles. The fourth-order valence-corrected chi connectivity index (χ4v) is 1.01. The predicted molar refractivity (Wildman–Crippen MR) is 43.2 cm³/mol. The molecule has 0 saturated carbocycles. The SMILES string of the molecule is CCCCC(C)CN(O)C=O. The Hall–Kier alpha value is -0.570. The molecule has 0 fully saturated rings. The van der Waals surface area contributed by atoms with Gasteiger partial charge in [0.15, 0.2) is 0 Å². The van der Waals surface area contributed by atoms with Crippen LogP contribution in [0.4, 0.5) is 0 Å². The molecule has 1 amide bonds. The number of carbonyl (C=O) groups is 1. The number of amides is 1. The summed E-state index contributed by atoms with van der Waals surface area (Å²) in [7, 11) is 0. The summed E-state index contributed by atoms with van der Waals surface area (Å²) in [5.74, 6) is 0.394. The van der Waals surface area contributed by atoms with E-state index in [0.717, 1.165) is 19.3 Å². The molecule has 1 N–H and O–H groups in total. The van der Waals surface area contributed by atoms with Gasteiger partial charge in [-0.05, 0) is 12.3 Å². The van der Waals surface area contributed by atoms with Crippen LogP contribution in [0.25, 0.3) is 0 Å². The number of rotatable bonds is 6. The molecule has 1 unspecified atom stereocenters. The predicted octanol–water partition coefficient (Wildman–Crippen LogP) is 1.66. The van der Waals surface area contributed by atoms with Gasteiger partial charge < -0.3 is 0 Å². The lowest BCUT2D eigenvalue weighted by molar-refractivity contribution is -0.152. The zero-order valence-corrected chi connectivity index (χ0v) is 7.29. The molecule has 3 heteroatoms. The summed E-state index contributed by atoms with van der Waals surface area (Å²) in [6.45, 7) is 4.61. The van der Waals surface area contributed by atoms with Crippen molar-refractivity contribution in [2.45, 2.75) is 33.1 Å². The fraction of sp³-hybridized carbons (Fsp3) is 0.875. The van der Waals surface area contributed by atoms with E-state index in [1.54, 1.807) is 0 Å². The summed E-state index contributed by atoms with van der Waals surface area (Å²) in [6, 6.07) is 0. The van der Waals surface area contributed by atoms with Crippen LogP contribution in [0.3, 0.4) is 0 Å². The summed E-state index contributed by atoms with van der Waals surface area (Å²) in [5.41, 5.74) is 0. The molecule has 0 spiro atoms. The second-order valence-corrected chi connectivity index (χ2v) is 2.97. The van der Waals surface area contributed by atoms with E-state index in [1.807, 2.05) is 6.92 Å². The molecule has 0 aliphatic rings. The molecule has 0 heterocycles. The van der Waals surface area contributed by atoms with E-state index in [0.29, 0.717) is 23.9 Å². The van der Waals surface area contributed by atoms with Gasteiger partial charge in [0.2, 0.25) is 6.41 Å². The Morgan fingerprint density at radius 3 is 2.73 bits per heavy atom. The van der Waals surface area contributed by atoms with E-state index >= 15 is 0 Å². The zero-order valence-electron chi connectivity index (χ0n) is 7.29. The van der Waals surface area contributed by atoms with Crippen molar-refractivity contribution >= 4 is 6.41 Å². The molecule has 3 nitrogen and oxygen atoms in total. The van der Waals surface area contributed by atoms with E-state index in [-0.39, 0.29) is 0 Å². The molecule has 0 aliphatic carbocycles. The standard InChI is InChI=1S/C8H17NO2/c1-3-4-5-8(2)6-9(11)7-10/h7-8,11H,3-6H2,1-2H3. The van der Waals surface area contributed by atoms with Gasteiger partial charge in [0, 0.05) is 0 Å². The van der Waals surface area contributed by atoms with Crippen LogP contribution < -0.4 is 0 Å². The van der Waals surface area contributed by atoms with Crippen molar-refractivity contribution < 1.29 is 10.0 Å². The number of unbranched alkanes of at least 4 members (excludes halogenated alkanes) is 1. The molecule has 11 heavy (non-hydrogen) atoms. The van der Waals surface area contributed by atoms with Crippen LogP contribution in [0, 0.1) is 5.92 Å². The van der Waals surface area contributed by atoms with Crippen molar-refractivity contribution in [2.75, 3.05) is 6.54 Å². The van der Waals surface area contributed by atoms with E-state index in [2.05, 4.69) is 6.92 Å². The molecule has 66 valence electrons. The normalized spacial score (nSPS) is 12.6. The molecule has 0 aromatic rings. The van der Waals surface area contributed by atoms with Crippen molar-refractivity contribution in [3.05, 3.63) is 0 Å². The molecule has 0 radical (unpaired) electrons. The smallest absolute Gasteiger partial charge is 0.233 e. The minimum absolute atomic E-state index is 0.394. The lowest BCUT2D eigenvalue weighted by atomic mass is 10.0. The highest BCUT2D eigenvalue weighted by Crippen LogP contribution is 2.07. The quantitative estimate of drug-likeness (QED) is 0.364. The van der Waals surface area contributed by atoms with E-state index in [4.69, 9.17) is 5.21 Å². The molecule has 1 atom stereocenters. The minimum Gasteiger partial charge on any atom is -0.286 e. The Balaban J connectivity index is 3.34. The molecule has 0 bridgehead atoms. The first-order valence-corrected chi connectivity index (χ1v) is 4.11. The van der Waals surface area contributed by atoms with Crippen molar-refractivity contribution in [1.82, 2.24) is 5.06 Å². The first-order chi connectivity index (χ1) is 5.20. The highest BCUT2D eigenvalue weighted by Gasteiger charge is 2.04. The van der Waals surface area contributed by atoms with Crippen LogP contribution in [0.2, 0.25) is 0 Å². The molecule has 0 rings (SSSR count). The van der Waals surface area contributed by atoms with Crippen LogP contribution >= 0.6 is 0 Å². The molecular weight excluding hydrogens is 142 g/mol. The van der Waals surface area contributed by atoms with Gasteiger partial charge >= 0.3 is 0 Å². The van der Waals surface area contributed by atoms with Gasteiger partial charge in [-0.25, -0.2) is 5.06 Å². The van der Waals surface area contributed by atoms with Gasteiger partial charge in [-0.2, -0.15) is 0 Å². The summed E-state index contributed by atoms with van der Waals surface area (Å²) in [6.07, 6.45) is 3.84. The van der Waals surface area contributed by atoms with Crippen LogP contribution in [0.5, 0.6) is 0 Å². The molecule has 0 saturated heterocycles. The largest absolute Gasteiger partial charge is 0.286 e. The average Bonchev–Trinajstić information content (AvgIpc) is 2.00. The fourth-order valence-electron chi connectivity index (χ4n) is 1.01. The summed E-state index contributed by atoms with van der Waals surface area (Å²) in [4.78, 5) is 9.99. The van der Waals surface area contributed by atoms with Crippen molar-refractivity contribution in [2.24, 2.45) is 5.92 Å². The number of carbonyl (C=O) groups excluding carboxylic acids is 1. The lowest BCUT2D eigenvalue weighted by Crippen LogP contribution is -2.23. The Morgan fingerprint density at radius 2 is 2.27 bits per heavy atom. The van der Waals surface area contributed by atoms with Crippen molar-refractivity contribution in [3.8, 4) is 0 Å². The highest BCUT2D eigenvalue weighted by molar-refractivity contribution is 5.44. The summed E-state index contributed by atoms with van der Waals surface area (Å²) in [5, 5.41) is 9.50. The average molecular weight is 159 g/mol. The topological polar surface area (TPSA) is 40.5 Å². The van der Waals surface area contributed by atoms with E-state index in [1.165, 1.54) is 0 Å². The number of nitrogens with zero attached hydrogens (tertiary/aromatic N) is 1. The molecule has 0 aromatic heterocycles. The zero-order chi connectivity index (χ0) is 8.69. The second kappa shape index (κ2) is 6.16. The maximum atomic E-state index is 9.99. The number of hydrogen-bond acceptors (Lipinski definition) is 2. The van der Waals surface area contributed by atoms with Gasteiger partial charge in [-0.1, -0.05) is 26.7 Å². The maximum Gasteiger partial charge on any atom is 0.233 e. The molecular formula is C8H17NO2. The second-order valence-electron chi connectivity index (χ2n) is 2.97. The monoisotopic (exact) mass is 159 g/mol. The van der Waals surface area contributed by atoms with Crippen molar-refractivity contribution in [3.63, 3.8) is 0 Å². The van der Waals surface area contributed by atoms with Gasteiger partial charge in [-0.3, -0.25) is 10.0 Å². The Labute approximate surface area is 68.0 Å². The number of hydroxylamine groups is 2. The Bertz CT molecular complexity index is 106. The van der Waals surface area contributed by atoms with Crippen LogP contribution in [0.15, 0.2) is 0 Å². The third-order valence-electron chi connectivity index (χ3n) is 1.67. The van der Waals surface area contributed by atoms with Gasteiger partial charge in [0.1, 0.15) is 0 Å². The first-order valence-electron chi connectivity index (χ1n) is 4.11.